The monoisotopic (exact) mass is 351 g/mol. The van der Waals surface area contributed by atoms with E-state index in [2.05, 4.69) is 15.8 Å². The van der Waals surface area contributed by atoms with Gasteiger partial charge in [0.25, 0.3) is 0 Å². The number of anilines is 2. The van der Waals surface area contributed by atoms with E-state index in [9.17, 15) is 14.0 Å². The van der Waals surface area contributed by atoms with E-state index < -0.39 is 11.1 Å². The van der Waals surface area contributed by atoms with Gasteiger partial charge >= 0.3 is 0 Å². The van der Waals surface area contributed by atoms with Crippen LogP contribution < -0.4 is 10.6 Å². The molecular weight excluding hydrogens is 333 g/mol. The second-order valence-corrected chi connectivity index (χ2v) is 6.63. The Morgan fingerprint density at radius 1 is 1.29 bits per heavy atom. The lowest BCUT2D eigenvalue weighted by Crippen LogP contribution is -2.25. The van der Waals surface area contributed by atoms with Crippen molar-refractivity contribution in [1.29, 1.82) is 0 Å². The normalized spacial score (nSPS) is 11.8. The van der Waals surface area contributed by atoms with Crippen molar-refractivity contribution >= 4 is 35.1 Å². The van der Waals surface area contributed by atoms with Crippen molar-refractivity contribution in [2.45, 2.75) is 26.0 Å². The van der Waals surface area contributed by atoms with Crippen LogP contribution in [0, 0.1) is 19.7 Å². The third kappa shape index (κ3) is 5.09. The Morgan fingerprint density at radius 3 is 2.71 bits per heavy atom. The molecule has 6 nitrogen and oxygen atoms in total. The van der Waals surface area contributed by atoms with Gasteiger partial charge in [-0.3, -0.25) is 9.59 Å². The van der Waals surface area contributed by atoms with E-state index in [4.69, 9.17) is 4.52 Å². The summed E-state index contributed by atoms with van der Waals surface area (Å²) in [6.07, 6.45) is 0. The number of nitrogens with zero attached hydrogens (tertiary/aromatic N) is 1. The molecule has 2 rings (SSSR count). The van der Waals surface area contributed by atoms with Gasteiger partial charge in [-0.05, 0) is 38.5 Å². The van der Waals surface area contributed by atoms with E-state index in [1.54, 1.807) is 32.0 Å². The first kappa shape index (κ1) is 18.0. The van der Waals surface area contributed by atoms with Crippen LogP contribution in [0.15, 0.2) is 28.8 Å². The molecule has 8 heteroatoms. The zero-order valence-electron chi connectivity index (χ0n) is 13.6. The summed E-state index contributed by atoms with van der Waals surface area (Å²) < 4.78 is 18.5. The molecule has 1 aromatic carbocycles. The molecule has 1 aromatic heterocycles. The molecule has 1 unspecified atom stereocenters. The molecule has 0 fully saturated rings. The van der Waals surface area contributed by atoms with E-state index in [0.717, 1.165) is 17.3 Å². The molecule has 128 valence electrons. The summed E-state index contributed by atoms with van der Waals surface area (Å²) in [5.74, 6) is -0.211. The summed E-state index contributed by atoms with van der Waals surface area (Å²) in [6, 6.07) is 6.08. The predicted molar refractivity (Wildman–Crippen MR) is 91.6 cm³/mol. The molecule has 2 N–H and O–H groups in total. The van der Waals surface area contributed by atoms with Crippen molar-refractivity contribution < 1.29 is 18.5 Å². The second kappa shape index (κ2) is 7.96. The van der Waals surface area contributed by atoms with Crippen LogP contribution in [0.4, 0.5) is 15.9 Å². The topological polar surface area (TPSA) is 84.2 Å². The lowest BCUT2D eigenvalue weighted by molar-refractivity contribution is -0.115. The van der Waals surface area contributed by atoms with Crippen molar-refractivity contribution in [2.75, 3.05) is 16.4 Å². The largest absolute Gasteiger partial charge is 0.360 e. The van der Waals surface area contributed by atoms with Crippen LogP contribution in [-0.2, 0) is 9.59 Å². The van der Waals surface area contributed by atoms with Gasteiger partial charge in [0.15, 0.2) is 5.82 Å². The first-order chi connectivity index (χ1) is 11.3. The van der Waals surface area contributed by atoms with Gasteiger partial charge in [0.05, 0.1) is 16.7 Å². The maximum atomic E-state index is 13.6. The van der Waals surface area contributed by atoms with E-state index in [-0.39, 0.29) is 23.3 Å². The summed E-state index contributed by atoms with van der Waals surface area (Å²) in [5, 5.41) is 8.29. The molecule has 0 aliphatic carbocycles. The number of aromatic nitrogens is 1. The molecule has 1 atom stereocenters. The van der Waals surface area contributed by atoms with Gasteiger partial charge in [-0.2, -0.15) is 0 Å². The fraction of sp³-hybridized carbons (Fsp3) is 0.312. The van der Waals surface area contributed by atoms with Gasteiger partial charge in [-0.1, -0.05) is 11.2 Å². The Morgan fingerprint density at radius 2 is 2.04 bits per heavy atom. The Balaban J connectivity index is 1.82. The number of rotatable bonds is 6. The number of amides is 2. The number of aryl methyl sites for hydroxylation is 2. The minimum atomic E-state index is -0.494. The number of carbonyl (C=O) groups excluding carboxylic acids is 2. The number of thioether (sulfide) groups is 1. The van der Waals surface area contributed by atoms with Crippen molar-refractivity contribution in [2.24, 2.45) is 0 Å². The zero-order chi connectivity index (χ0) is 17.7. The first-order valence-corrected chi connectivity index (χ1v) is 8.32. The number of benzene rings is 1. The Hall–Kier alpha value is -2.35. The number of hydrogen-bond donors (Lipinski definition) is 2. The SMILES string of the molecule is Cc1ccc(F)c(NC(=O)CSC(C)C(=O)Nc2cc(C)on2)c1. The minimum absolute atomic E-state index is 0.0276. The molecular formula is C16H18FN3O3S. The van der Waals surface area contributed by atoms with Crippen molar-refractivity contribution in [3.05, 3.63) is 41.4 Å². The average molecular weight is 351 g/mol. The van der Waals surface area contributed by atoms with Crippen LogP contribution in [0.1, 0.15) is 18.2 Å². The fourth-order valence-corrected chi connectivity index (χ4v) is 2.53. The molecule has 0 bridgehead atoms. The van der Waals surface area contributed by atoms with Crippen LogP contribution in [-0.4, -0.2) is 28.0 Å². The van der Waals surface area contributed by atoms with Crippen LogP contribution in [0.5, 0.6) is 0 Å². The van der Waals surface area contributed by atoms with Crippen LogP contribution in [0.2, 0.25) is 0 Å². The lowest BCUT2D eigenvalue weighted by atomic mass is 10.2. The standard InChI is InChI=1S/C16H18FN3O3S/c1-9-4-5-12(17)13(6-9)18-15(21)8-24-11(3)16(22)19-14-7-10(2)23-20-14/h4-7,11H,8H2,1-3H3,(H,18,21)(H,19,20,22). The van der Waals surface area contributed by atoms with E-state index in [1.807, 2.05) is 6.92 Å². The number of nitrogens with one attached hydrogen (secondary N) is 2. The maximum absolute atomic E-state index is 13.6. The van der Waals surface area contributed by atoms with Crippen molar-refractivity contribution in [1.82, 2.24) is 5.16 Å². The van der Waals surface area contributed by atoms with E-state index in [0.29, 0.717) is 11.6 Å². The minimum Gasteiger partial charge on any atom is -0.360 e. The fourth-order valence-electron chi connectivity index (χ4n) is 1.85. The molecule has 1 heterocycles. The summed E-state index contributed by atoms with van der Waals surface area (Å²) in [6.45, 7) is 5.20. The van der Waals surface area contributed by atoms with Gasteiger partial charge in [0.2, 0.25) is 11.8 Å². The molecule has 2 aromatic rings. The van der Waals surface area contributed by atoms with Gasteiger partial charge in [0.1, 0.15) is 11.6 Å². The Kier molecular flexibility index (Phi) is 5.97. The quantitative estimate of drug-likeness (QED) is 0.835. The molecule has 0 aliphatic heterocycles. The maximum Gasteiger partial charge on any atom is 0.238 e. The summed E-state index contributed by atoms with van der Waals surface area (Å²) in [4.78, 5) is 23.9. The highest BCUT2D eigenvalue weighted by molar-refractivity contribution is 8.01. The van der Waals surface area contributed by atoms with Crippen LogP contribution in [0.25, 0.3) is 0 Å². The summed E-state index contributed by atoms with van der Waals surface area (Å²) in [7, 11) is 0. The molecule has 0 radical (unpaired) electrons. The Labute approximate surface area is 143 Å². The van der Waals surface area contributed by atoms with Crippen LogP contribution >= 0.6 is 11.8 Å². The van der Waals surface area contributed by atoms with Gasteiger partial charge < -0.3 is 15.2 Å². The van der Waals surface area contributed by atoms with Crippen molar-refractivity contribution in [3.8, 4) is 0 Å². The molecule has 2 amide bonds. The lowest BCUT2D eigenvalue weighted by Gasteiger charge is -2.11. The highest BCUT2D eigenvalue weighted by Crippen LogP contribution is 2.18. The second-order valence-electron chi connectivity index (χ2n) is 5.30. The van der Waals surface area contributed by atoms with E-state index in [1.165, 1.54) is 6.07 Å². The van der Waals surface area contributed by atoms with Crippen LogP contribution in [0.3, 0.4) is 0 Å². The summed E-state index contributed by atoms with van der Waals surface area (Å²) >= 11 is 1.14. The number of carbonyl (C=O) groups is 2. The first-order valence-electron chi connectivity index (χ1n) is 7.27. The zero-order valence-corrected chi connectivity index (χ0v) is 14.4. The number of halogens is 1. The van der Waals surface area contributed by atoms with Crippen molar-refractivity contribution in [3.63, 3.8) is 0 Å². The predicted octanol–water partition coefficient (Wildman–Crippen LogP) is 3.13. The molecule has 0 saturated heterocycles. The van der Waals surface area contributed by atoms with Gasteiger partial charge in [-0.25, -0.2) is 4.39 Å². The molecule has 0 aliphatic rings. The van der Waals surface area contributed by atoms with Gasteiger partial charge in [-0.15, -0.1) is 11.8 Å². The Bertz CT molecular complexity index is 748. The van der Waals surface area contributed by atoms with E-state index >= 15 is 0 Å². The smallest absolute Gasteiger partial charge is 0.238 e. The molecule has 24 heavy (non-hydrogen) atoms. The highest BCUT2D eigenvalue weighted by atomic mass is 32.2. The third-order valence-corrected chi connectivity index (χ3v) is 4.25. The average Bonchev–Trinajstić information content (AvgIpc) is 2.93. The number of hydrogen-bond acceptors (Lipinski definition) is 5. The molecule has 0 spiro atoms. The van der Waals surface area contributed by atoms with Gasteiger partial charge in [0, 0.05) is 6.07 Å². The third-order valence-electron chi connectivity index (χ3n) is 3.11. The molecule has 0 saturated carbocycles. The highest BCUT2D eigenvalue weighted by Gasteiger charge is 2.17. The summed E-state index contributed by atoms with van der Waals surface area (Å²) in [5.41, 5.74) is 0.978.